The van der Waals surface area contributed by atoms with Gasteiger partial charge in [-0.05, 0) is 37.1 Å². The van der Waals surface area contributed by atoms with E-state index in [9.17, 15) is 13.6 Å². The van der Waals surface area contributed by atoms with E-state index in [-0.39, 0.29) is 11.9 Å². The molecule has 1 aliphatic heterocycles. The van der Waals surface area contributed by atoms with E-state index < -0.39 is 11.6 Å². The van der Waals surface area contributed by atoms with Gasteiger partial charge in [0.15, 0.2) is 0 Å². The highest BCUT2D eigenvalue weighted by Crippen LogP contribution is 2.10. The van der Waals surface area contributed by atoms with Crippen LogP contribution in [-0.2, 0) is 11.2 Å². The van der Waals surface area contributed by atoms with Crippen LogP contribution in [0.2, 0.25) is 0 Å². The summed E-state index contributed by atoms with van der Waals surface area (Å²) in [7, 11) is 1.77. The van der Waals surface area contributed by atoms with Crippen LogP contribution in [0.25, 0.3) is 0 Å². The van der Waals surface area contributed by atoms with Crippen LogP contribution in [0, 0.1) is 11.6 Å². The lowest BCUT2D eigenvalue weighted by molar-refractivity contribution is -0.128. The molecule has 0 radical (unpaired) electrons. The molecule has 3 nitrogen and oxygen atoms in total. The maximum atomic E-state index is 12.9. The van der Waals surface area contributed by atoms with Crippen molar-refractivity contribution >= 4 is 5.91 Å². The van der Waals surface area contributed by atoms with Gasteiger partial charge in [0.05, 0.1) is 6.04 Å². The second-order valence-corrected chi connectivity index (χ2v) is 4.58. The van der Waals surface area contributed by atoms with Crippen LogP contribution in [0.4, 0.5) is 8.78 Å². The SMILES string of the molecule is CN1CCC(NCCc2cc(F)cc(F)c2)C1=O. The topological polar surface area (TPSA) is 32.3 Å². The molecule has 0 saturated carbocycles. The number of carbonyl (C=O) groups is 1. The van der Waals surface area contributed by atoms with Crippen LogP contribution in [0.15, 0.2) is 18.2 Å². The van der Waals surface area contributed by atoms with E-state index in [1.54, 1.807) is 11.9 Å². The van der Waals surface area contributed by atoms with E-state index in [4.69, 9.17) is 0 Å². The summed E-state index contributed by atoms with van der Waals surface area (Å²) in [5.41, 5.74) is 0.596. The molecule has 5 heteroatoms. The number of carbonyl (C=O) groups excluding carboxylic acids is 1. The largest absolute Gasteiger partial charge is 0.344 e. The third kappa shape index (κ3) is 3.04. The molecule has 1 atom stereocenters. The van der Waals surface area contributed by atoms with Gasteiger partial charge >= 0.3 is 0 Å². The van der Waals surface area contributed by atoms with E-state index in [1.807, 2.05) is 0 Å². The maximum absolute atomic E-state index is 12.9. The minimum absolute atomic E-state index is 0.0837. The molecule has 1 aromatic carbocycles. The highest BCUT2D eigenvalue weighted by molar-refractivity contribution is 5.83. The fourth-order valence-electron chi connectivity index (χ4n) is 2.16. The Morgan fingerprint density at radius 1 is 1.33 bits per heavy atom. The second-order valence-electron chi connectivity index (χ2n) is 4.58. The number of likely N-dealkylation sites (N-methyl/N-ethyl adjacent to an activating group) is 1. The highest BCUT2D eigenvalue weighted by atomic mass is 19.1. The lowest BCUT2D eigenvalue weighted by Gasteiger charge is -2.12. The van der Waals surface area contributed by atoms with Gasteiger partial charge in [-0.1, -0.05) is 0 Å². The lowest BCUT2D eigenvalue weighted by atomic mass is 10.1. The van der Waals surface area contributed by atoms with Gasteiger partial charge in [-0.25, -0.2) is 8.78 Å². The summed E-state index contributed by atoms with van der Waals surface area (Å²) in [6.45, 7) is 1.29. The molecule has 1 fully saturated rings. The fourth-order valence-corrected chi connectivity index (χ4v) is 2.16. The summed E-state index contributed by atoms with van der Waals surface area (Å²) in [6, 6.07) is 3.32. The first kappa shape index (κ1) is 13.0. The average Bonchev–Trinajstić information content (AvgIpc) is 2.59. The van der Waals surface area contributed by atoms with Crippen molar-refractivity contribution in [2.45, 2.75) is 18.9 Å². The second kappa shape index (κ2) is 5.44. The minimum Gasteiger partial charge on any atom is -0.344 e. The maximum Gasteiger partial charge on any atom is 0.239 e. The summed E-state index contributed by atoms with van der Waals surface area (Å²) in [6.07, 6.45) is 1.29. The summed E-state index contributed by atoms with van der Waals surface area (Å²) >= 11 is 0. The van der Waals surface area contributed by atoms with Crippen LogP contribution in [0.5, 0.6) is 0 Å². The number of rotatable bonds is 4. The van der Waals surface area contributed by atoms with Gasteiger partial charge in [0.2, 0.25) is 5.91 Å². The monoisotopic (exact) mass is 254 g/mol. The Morgan fingerprint density at radius 2 is 2.00 bits per heavy atom. The highest BCUT2D eigenvalue weighted by Gasteiger charge is 2.27. The molecule has 98 valence electrons. The summed E-state index contributed by atoms with van der Waals surface area (Å²) in [5, 5.41) is 3.11. The molecular formula is C13H16F2N2O. The van der Waals surface area contributed by atoms with Gasteiger partial charge in [0.25, 0.3) is 0 Å². The van der Waals surface area contributed by atoms with Crippen molar-refractivity contribution in [1.29, 1.82) is 0 Å². The molecule has 0 bridgehead atoms. The number of likely N-dealkylation sites (tertiary alicyclic amines) is 1. The first-order valence-electron chi connectivity index (χ1n) is 5.99. The summed E-state index contributed by atoms with van der Waals surface area (Å²) < 4.78 is 25.9. The van der Waals surface area contributed by atoms with E-state index in [0.717, 1.165) is 19.0 Å². The van der Waals surface area contributed by atoms with Crippen molar-refractivity contribution in [2.24, 2.45) is 0 Å². The predicted octanol–water partition coefficient (Wildman–Crippen LogP) is 1.33. The molecule has 2 rings (SSSR count). The Kier molecular flexibility index (Phi) is 3.91. The molecular weight excluding hydrogens is 238 g/mol. The molecule has 1 unspecified atom stereocenters. The number of amides is 1. The van der Waals surface area contributed by atoms with Crippen LogP contribution < -0.4 is 5.32 Å². The zero-order valence-corrected chi connectivity index (χ0v) is 10.2. The first-order valence-corrected chi connectivity index (χ1v) is 5.99. The van der Waals surface area contributed by atoms with Crippen molar-refractivity contribution in [2.75, 3.05) is 20.1 Å². The third-order valence-electron chi connectivity index (χ3n) is 3.15. The smallest absolute Gasteiger partial charge is 0.239 e. The summed E-state index contributed by atoms with van der Waals surface area (Å²) in [5.74, 6) is -1.05. The quantitative estimate of drug-likeness (QED) is 0.879. The minimum atomic E-state index is -0.568. The molecule has 18 heavy (non-hydrogen) atoms. The standard InChI is InChI=1S/C13H16F2N2O/c1-17-5-3-12(13(17)18)16-4-2-9-6-10(14)8-11(15)7-9/h6-8,12,16H,2-5H2,1H3. The molecule has 0 spiro atoms. The van der Waals surface area contributed by atoms with Gasteiger partial charge < -0.3 is 10.2 Å². The van der Waals surface area contributed by atoms with Crippen molar-refractivity contribution < 1.29 is 13.6 Å². The van der Waals surface area contributed by atoms with Gasteiger partial charge in [-0.15, -0.1) is 0 Å². The first-order chi connectivity index (χ1) is 8.56. The number of benzene rings is 1. The number of hydrogen-bond acceptors (Lipinski definition) is 2. The molecule has 1 heterocycles. The van der Waals surface area contributed by atoms with E-state index in [0.29, 0.717) is 18.5 Å². The van der Waals surface area contributed by atoms with Gasteiger partial charge in [0.1, 0.15) is 11.6 Å². The van der Waals surface area contributed by atoms with Crippen molar-refractivity contribution in [3.63, 3.8) is 0 Å². The van der Waals surface area contributed by atoms with Gasteiger partial charge in [-0.3, -0.25) is 4.79 Å². The third-order valence-corrected chi connectivity index (χ3v) is 3.15. The van der Waals surface area contributed by atoms with Crippen LogP contribution in [0.3, 0.4) is 0 Å². The molecule has 1 amide bonds. The van der Waals surface area contributed by atoms with Gasteiger partial charge in [-0.2, -0.15) is 0 Å². The Labute approximate surface area is 105 Å². The van der Waals surface area contributed by atoms with Crippen LogP contribution >= 0.6 is 0 Å². The Bertz CT molecular complexity index is 430. The Hall–Kier alpha value is -1.49. The summed E-state index contributed by atoms with van der Waals surface area (Å²) in [4.78, 5) is 13.3. The average molecular weight is 254 g/mol. The normalized spacial score (nSPS) is 19.6. The molecule has 1 aliphatic rings. The number of halogens is 2. The predicted molar refractivity (Wildman–Crippen MR) is 64.1 cm³/mol. The zero-order valence-electron chi connectivity index (χ0n) is 10.2. The molecule has 1 aromatic rings. The molecule has 1 saturated heterocycles. The van der Waals surface area contributed by atoms with Crippen LogP contribution in [0.1, 0.15) is 12.0 Å². The Balaban J connectivity index is 1.83. The molecule has 0 aliphatic carbocycles. The number of hydrogen-bond donors (Lipinski definition) is 1. The Morgan fingerprint density at radius 3 is 2.56 bits per heavy atom. The van der Waals surface area contributed by atoms with Crippen molar-refractivity contribution in [1.82, 2.24) is 10.2 Å². The fraction of sp³-hybridized carbons (Fsp3) is 0.462. The van der Waals surface area contributed by atoms with E-state index in [2.05, 4.69) is 5.32 Å². The van der Waals surface area contributed by atoms with E-state index in [1.165, 1.54) is 12.1 Å². The zero-order chi connectivity index (χ0) is 13.1. The lowest BCUT2D eigenvalue weighted by Crippen LogP contribution is -2.37. The van der Waals surface area contributed by atoms with Crippen molar-refractivity contribution in [3.8, 4) is 0 Å². The van der Waals surface area contributed by atoms with Crippen LogP contribution in [-0.4, -0.2) is 37.0 Å². The van der Waals surface area contributed by atoms with Gasteiger partial charge in [0, 0.05) is 19.7 Å². The van der Waals surface area contributed by atoms with Crippen molar-refractivity contribution in [3.05, 3.63) is 35.4 Å². The van der Waals surface area contributed by atoms with E-state index >= 15 is 0 Å². The molecule has 1 N–H and O–H groups in total. The number of nitrogens with zero attached hydrogens (tertiary/aromatic N) is 1. The molecule has 0 aromatic heterocycles. The number of nitrogens with one attached hydrogen (secondary N) is 1.